The van der Waals surface area contributed by atoms with Gasteiger partial charge < -0.3 is 20.5 Å². The fourth-order valence-corrected chi connectivity index (χ4v) is 10.8. The van der Waals surface area contributed by atoms with Gasteiger partial charge in [0.2, 0.25) is 5.91 Å². The summed E-state index contributed by atoms with van der Waals surface area (Å²) in [5.41, 5.74) is 4.31. The Balaban J connectivity index is 1.47. The van der Waals surface area contributed by atoms with Crippen LogP contribution in [-0.2, 0) is 23.9 Å². The minimum absolute atomic E-state index is 0.0124. The number of allylic oxidation sites excluding steroid dienone is 4. The molecule has 0 aromatic heterocycles. The molecule has 3 N–H and O–H groups in total. The number of carbonyl (C=O) groups excluding carboxylic acids is 3. The van der Waals surface area contributed by atoms with Gasteiger partial charge in [-0.1, -0.05) is 60.1 Å². The van der Waals surface area contributed by atoms with E-state index in [-0.39, 0.29) is 57.0 Å². The summed E-state index contributed by atoms with van der Waals surface area (Å²) in [5, 5.41) is 13.2. The highest BCUT2D eigenvalue weighted by atomic mass is 16.5. The minimum atomic E-state index is -0.689. The van der Waals surface area contributed by atoms with Crippen LogP contribution in [0, 0.1) is 61.6 Å². The molecular weight excluding hydrogens is 566 g/mol. The van der Waals surface area contributed by atoms with Crippen LogP contribution < -0.4 is 11.1 Å². The second-order valence-corrected chi connectivity index (χ2v) is 16.7. The van der Waals surface area contributed by atoms with E-state index < -0.39 is 16.2 Å². The highest BCUT2D eigenvalue weighted by Crippen LogP contribution is 2.74. The molecule has 1 amide bonds. The van der Waals surface area contributed by atoms with Crippen LogP contribution in [0.2, 0.25) is 0 Å². The average Bonchev–Trinajstić information content (AvgIpc) is 2.97. The molecule has 3 fully saturated rings. The van der Waals surface area contributed by atoms with Crippen molar-refractivity contribution in [3.8, 4) is 6.07 Å². The molecule has 0 spiro atoms. The zero-order valence-electron chi connectivity index (χ0n) is 28.6. The maximum absolute atomic E-state index is 14.7. The summed E-state index contributed by atoms with van der Waals surface area (Å²) in [7, 11) is 0. The van der Waals surface area contributed by atoms with Gasteiger partial charge in [-0.2, -0.15) is 5.26 Å². The Morgan fingerprint density at radius 3 is 2.31 bits per heavy atom. The molecule has 0 heterocycles. The Morgan fingerprint density at radius 2 is 1.64 bits per heavy atom. The van der Waals surface area contributed by atoms with Crippen LogP contribution >= 0.6 is 0 Å². The number of nitrogens with one attached hydrogen (secondary N) is 1. The van der Waals surface area contributed by atoms with Crippen molar-refractivity contribution in [2.75, 3.05) is 39.5 Å². The van der Waals surface area contributed by atoms with Gasteiger partial charge in [-0.3, -0.25) is 14.4 Å². The summed E-state index contributed by atoms with van der Waals surface area (Å²) in [6, 6.07) is 2.19. The third-order valence-electron chi connectivity index (χ3n) is 13.5. The first kappa shape index (κ1) is 34.0. The number of nitrogens with two attached hydrogens (primary N) is 1. The van der Waals surface area contributed by atoms with E-state index in [4.69, 9.17) is 15.2 Å². The van der Waals surface area contributed by atoms with E-state index >= 15 is 0 Å². The summed E-state index contributed by atoms with van der Waals surface area (Å²) < 4.78 is 11.0. The highest BCUT2D eigenvalue weighted by Gasteiger charge is 2.70. The number of ether oxygens (including phenoxy) is 2. The second-order valence-electron chi connectivity index (χ2n) is 16.7. The van der Waals surface area contributed by atoms with Crippen LogP contribution in [0.1, 0.15) is 93.4 Å². The number of nitrogens with zero attached hydrogens (tertiary/aromatic N) is 1. The Hall–Kier alpha value is -2.34. The number of amides is 1. The Bertz CT molecular complexity index is 1340. The van der Waals surface area contributed by atoms with Gasteiger partial charge >= 0.3 is 0 Å². The molecule has 3 saturated carbocycles. The van der Waals surface area contributed by atoms with Gasteiger partial charge in [0.05, 0.1) is 37.4 Å². The molecule has 0 aromatic rings. The average molecular weight is 622 g/mol. The first-order valence-electron chi connectivity index (χ1n) is 17.1. The molecule has 5 rings (SSSR count). The molecule has 0 saturated heterocycles. The number of fused-ring (bicyclic) bond motifs is 7. The third kappa shape index (κ3) is 5.16. The first-order chi connectivity index (χ1) is 21.0. The fourth-order valence-electron chi connectivity index (χ4n) is 10.8. The van der Waals surface area contributed by atoms with Crippen molar-refractivity contribution >= 4 is 17.5 Å². The van der Waals surface area contributed by atoms with Crippen molar-refractivity contribution in [1.29, 1.82) is 5.26 Å². The molecule has 5 aliphatic carbocycles. The lowest BCUT2D eigenvalue weighted by Crippen LogP contribution is -2.66. The van der Waals surface area contributed by atoms with E-state index in [1.807, 2.05) is 26.0 Å². The number of nitriles is 1. The predicted molar refractivity (Wildman–Crippen MR) is 173 cm³/mol. The number of carbonyl (C=O) groups is 3. The Morgan fingerprint density at radius 1 is 0.978 bits per heavy atom. The molecule has 0 radical (unpaired) electrons. The van der Waals surface area contributed by atoms with Gasteiger partial charge in [0.1, 0.15) is 6.07 Å². The SMILES string of the molecule is CC1(C)CCC2(C(=O)NCCOCCOCCN)CCC3(C)C(C(=O)C=C4C5(C)C=C(C#N)C(=O)C(C)(C)C5CCC43C)C2C1. The monoisotopic (exact) mass is 621 g/mol. The van der Waals surface area contributed by atoms with E-state index in [9.17, 15) is 19.6 Å². The smallest absolute Gasteiger partial charge is 0.226 e. The standard InChI is InChI=1S/C37H55N3O5/c1-32(2)10-12-37(31(43)40-15-17-45-19-18-44-16-14-38)13-11-36(7)29(25(37)22-32)26(41)20-28-34(5)21-24(23-39)30(42)33(3,4)27(34)8-9-35(28,36)6/h20-21,25,27,29H,8-19,22,38H2,1-7H3,(H,40,43). The first-order valence-corrected chi connectivity index (χ1v) is 17.1. The number of hydrogen-bond acceptors (Lipinski definition) is 7. The summed E-state index contributed by atoms with van der Waals surface area (Å²) in [5.74, 6) is -0.226. The third-order valence-corrected chi connectivity index (χ3v) is 13.5. The van der Waals surface area contributed by atoms with Crippen LogP contribution in [0.15, 0.2) is 23.3 Å². The van der Waals surface area contributed by atoms with Gasteiger partial charge in [0, 0.05) is 29.8 Å². The van der Waals surface area contributed by atoms with Crippen molar-refractivity contribution in [2.24, 2.45) is 56.0 Å². The zero-order valence-corrected chi connectivity index (χ0v) is 28.6. The van der Waals surface area contributed by atoms with Crippen molar-refractivity contribution in [1.82, 2.24) is 5.32 Å². The van der Waals surface area contributed by atoms with E-state index in [0.717, 1.165) is 50.5 Å². The summed E-state index contributed by atoms with van der Waals surface area (Å²) in [6.07, 6.45) is 9.64. The topological polar surface area (TPSA) is 132 Å². The molecule has 5 aliphatic rings. The van der Waals surface area contributed by atoms with Gasteiger partial charge in [-0.15, -0.1) is 0 Å². The summed E-state index contributed by atoms with van der Waals surface area (Å²) in [4.78, 5) is 42.2. The zero-order chi connectivity index (χ0) is 33.1. The largest absolute Gasteiger partial charge is 0.378 e. The summed E-state index contributed by atoms with van der Waals surface area (Å²) in [6.45, 7) is 18.0. The minimum Gasteiger partial charge on any atom is -0.378 e. The molecule has 7 unspecified atom stereocenters. The van der Waals surface area contributed by atoms with E-state index in [0.29, 0.717) is 39.5 Å². The van der Waals surface area contributed by atoms with Crippen LogP contribution in [0.25, 0.3) is 0 Å². The molecule has 0 aliphatic heterocycles. The van der Waals surface area contributed by atoms with Crippen molar-refractivity contribution < 1.29 is 23.9 Å². The Labute approximate surface area is 269 Å². The van der Waals surface area contributed by atoms with Crippen LogP contribution in [0.5, 0.6) is 0 Å². The fraction of sp³-hybridized carbons (Fsp3) is 0.784. The molecule has 0 aromatic carbocycles. The van der Waals surface area contributed by atoms with E-state index in [2.05, 4.69) is 46.0 Å². The predicted octanol–water partition coefficient (Wildman–Crippen LogP) is 5.31. The van der Waals surface area contributed by atoms with Crippen molar-refractivity contribution in [2.45, 2.75) is 93.4 Å². The molecule has 7 atom stereocenters. The summed E-state index contributed by atoms with van der Waals surface area (Å²) >= 11 is 0. The van der Waals surface area contributed by atoms with Gasteiger partial charge in [-0.05, 0) is 79.1 Å². The maximum atomic E-state index is 14.7. The molecule has 8 heteroatoms. The molecule has 0 bridgehead atoms. The lowest BCUT2D eigenvalue weighted by Gasteiger charge is -2.69. The number of hydrogen-bond donors (Lipinski definition) is 2. The number of ketones is 2. The highest BCUT2D eigenvalue weighted by molar-refractivity contribution is 6.04. The molecule has 248 valence electrons. The van der Waals surface area contributed by atoms with Gasteiger partial charge in [-0.25, -0.2) is 0 Å². The van der Waals surface area contributed by atoms with Crippen LogP contribution in [0.3, 0.4) is 0 Å². The number of Topliss-reactive ketones (excluding diaryl/α,β-unsaturated/α-hetero) is 1. The molecular formula is C37H55N3O5. The second kappa shape index (κ2) is 11.7. The van der Waals surface area contributed by atoms with Crippen molar-refractivity contribution in [3.05, 3.63) is 23.3 Å². The normalized spacial score (nSPS) is 39.7. The lowest BCUT2D eigenvalue weighted by atomic mass is 9.34. The Kier molecular flexibility index (Phi) is 8.86. The molecule has 8 nitrogen and oxygen atoms in total. The van der Waals surface area contributed by atoms with Gasteiger partial charge in [0.25, 0.3) is 0 Å². The van der Waals surface area contributed by atoms with E-state index in [1.165, 1.54) is 0 Å². The van der Waals surface area contributed by atoms with Crippen LogP contribution in [0.4, 0.5) is 0 Å². The van der Waals surface area contributed by atoms with E-state index in [1.54, 1.807) is 0 Å². The van der Waals surface area contributed by atoms with Crippen LogP contribution in [-0.4, -0.2) is 57.0 Å². The number of rotatable bonds is 9. The van der Waals surface area contributed by atoms with Crippen molar-refractivity contribution in [3.63, 3.8) is 0 Å². The molecule has 45 heavy (non-hydrogen) atoms. The maximum Gasteiger partial charge on any atom is 0.226 e. The quantitative estimate of drug-likeness (QED) is 0.334. The van der Waals surface area contributed by atoms with Gasteiger partial charge in [0.15, 0.2) is 11.6 Å². The lowest BCUT2D eigenvalue weighted by molar-refractivity contribution is -0.178.